The Morgan fingerprint density at radius 1 is 1.25 bits per heavy atom. The van der Waals surface area contributed by atoms with Crippen molar-refractivity contribution in [1.29, 1.82) is 0 Å². The third-order valence-electron chi connectivity index (χ3n) is 3.30. The number of para-hydroxylation sites is 1. The lowest BCUT2D eigenvalue weighted by atomic mass is 10.2. The molecule has 7 heteroatoms. The van der Waals surface area contributed by atoms with E-state index in [9.17, 15) is 4.79 Å². The van der Waals surface area contributed by atoms with Gasteiger partial charge in [0.2, 0.25) is 0 Å². The van der Waals surface area contributed by atoms with Crippen LogP contribution in [-0.4, -0.2) is 16.0 Å². The number of benzene rings is 1. The second kappa shape index (κ2) is 7.27. The van der Waals surface area contributed by atoms with Gasteiger partial charge in [0, 0.05) is 10.7 Å². The zero-order valence-electron chi connectivity index (χ0n) is 12.8. The Kier molecular flexibility index (Phi) is 4.90. The number of ether oxygens (including phenoxy) is 1. The fourth-order valence-corrected chi connectivity index (χ4v) is 2.27. The summed E-state index contributed by atoms with van der Waals surface area (Å²) in [5.41, 5.74) is 0.793. The SMILES string of the molecule is Cc1onc(C(=O)Nc2ccc(Br)cn2)c1COc1ccccc1. The minimum Gasteiger partial charge on any atom is -0.489 e. The first-order valence-corrected chi connectivity index (χ1v) is 7.98. The topological polar surface area (TPSA) is 77.3 Å². The molecular formula is C17H14BrN3O3. The van der Waals surface area contributed by atoms with Gasteiger partial charge in [0.05, 0.1) is 5.56 Å². The number of amides is 1. The number of nitrogens with one attached hydrogen (secondary N) is 1. The summed E-state index contributed by atoms with van der Waals surface area (Å²) in [6, 6.07) is 12.8. The minimum absolute atomic E-state index is 0.188. The number of carbonyl (C=O) groups is 1. The molecule has 2 heterocycles. The predicted molar refractivity (Wildman–Crippen MR) is 91.9 cm³/mol. The number of anilines is 1. The van der Waals surface area contributed by atoms with E-state index >= 15 is 0 Å². The highest BCUT2D eigenvalue weighted by atomic mass is 79.9. The van der Waals surface area contributed by atoms with Crippen LogP contribution in [0, 0.1) is 6.92 Å². The van der Waals surface area contributed by atoms with Crippen LogP contribution < -0.4 is 10.1 Å². The van der Waals surface area contributed by atoms with Crippen LogP contribution in [0.5, 0.6) is 5.75 Å². The number of halogens is 1. The lowest BCUT2D eigenvalue weighted by Crippen LogP contribution is -2.16. The molecule has 0 saturated carbocycles. The maximum absolute atomic E-state index is 12.4. The van der Waals surface area contributed by atoms with Crippen molar-refractivity contribution in [3.63, 3.8) is 0 Å². The fraction of sp³-hybridized carbons (Fsp3) is 0.118. The van der Waals surface area contributed by atoms with Crippen LogP contribution >= 0.6 is 15.9 Å². The third-order valence-corrected chi connectivity index (χ3v) is 3.76. The maximum atomic E-state index is 12.4. The summed E-state index contributed by atoms with van der Waals surface area (Å²) in [5.74, 6) is 1.28. The van der Waals surface area contributed by atoms with Crippen molar-refractivity contribution in [1.82, 2.24) is 10.1 Å². The number of hydrogen-bond acceptors (Lipinski definition) is 5. The Labute approximate surface area is 147 Å². The number of rotatable bonds is 5. The Morgan fingerprint density at radius 2 is 2.04 bits per heavy atom. The summed E-state index contributed by atoms with van der Waals surface area (Å²) in [7, 11) is 0. The standard InChI is InChI=1S/C17H14BrN3O3/c1-11-14(10-23-13-5-3-2-4-6-13)16(21-24-11)17(22)20-15-8-7-12(18)9-19-15/h2-9H,10H2,1H3,(H,19,20,22). The van der Waals surface area contributed by atoms with E-state index in [1.54, 1.807) is 25.3 Å². The average Bonchev–Trinajstić information content (AvgIpc) is 2.97. The van der Waals surface area contributed by atoms with Crippen molar-refractivity contribution in [2.75, 3.05) is 5.32 Å². The smallest absolute Gasteiger partial charge is 0.279 e. The first kappa shape index (κ1) is 16.2. The molecule has 0 aliphatic rings. The summed E-state index contributed by atoms with van der Waals surface area (Å²) < 4.78 is 11.7. The van der Waals surface area contributed by atoms with Gasteiger partial charge in [0.15, 0.2) is 5.69 Å². The molecule has 2 aromatic heterocycles. The second-order valence-electron chi connectivity index (χ2n) is 4.98. The second-order valence-corrected chi connectivity index (χ2v) is 5.90. The van der Waals surface area contributed by atoms with Crippen molar-refractivity contribution in [2.45, 2.75) is 13.5 Å². The zero-order valence-corrected chi connectivity index (χ0v) is 14.4. The van der Waals surface area contributed by atoms with Crippen LogP contribution in [0.4, 0.5) is 5.82 Å². The first-order valence-electron chi connectivity index (χ1n) is 7.19. The van der Waals surface area contributed by atoms with Gasteiger partial charge < -0.3 is 14.6 Å². The van der Waals surface area contributed by atoms with E-state index in [4.69, 9.17) is 9.26 Å². The molecule has 1 amide bonds. The van der Waals surface area contributed by atoms with Gasteiger partial charge in [0.25, 0.3) is 5.91 Å². The Morgan fingerprint density at radius 3 is 2.75 bits per heavy atom. The van der Waals surface area contributed by atoms with Crippen LogP contribution in [0.2, 0.25) is 0 Å². The van der Waals surface area contributed by atoms with E-state index < -0.39 is 5.91 Å². The van der Waals surface area contributed by atoms with E-state index in [0.717, 1.165) is 4.47 Å². The van der Waals surface area contributed by atoms with Crippen LogP contribution in [0.25, 0.3) is 0 Å². The van der Waals surface area contributed by atoms with Crippen LogP contribution in [0.15, 0.2) is 57.7 Å². The monoisotopic (exact) mass is 387 g/mol. The molecule has 24 heavy (non-hydrogen) atoms. The first-order chi connectivity index (χ1) is 11.6. The van der Waals surface area contributed by atoms with Crippen molar-refractivity contribution >= 4 is 27.7 Å². The molecule has 122 valence electrons. The Bertz CT molecular complexity index is 832. The predicted octanol–water partition coefficient (Wildman–Crippen LogP) is 3.97. The highest BCUT2D eigenvalue weighted by molar-refractivity contribution is 9.10. The highest BCUT2D eigenvalue weighted by Gasteiger charge is 2.20. The molecule has 6 nitrogen and oxygen atoms in total. The molecule has 0 atom stereocenters. The summed E-state index contributed by atoms with van der Waals surface area (Å²) in [4.78, 5) is 16.5. The van der Waals surface area contributed by atoms with E-state index in [-0.39, 0.29) is 12.3 Å². The molecule has 3 rings (SSSR count). The largest absolute Gasteiger partial charge is 0.489 e. The van der Waals surface area contributed by atoms with Crippen LogP contribution in [-0.2, 0) is 6.61 Å². The van der Waals surface area contributed by atoms with Crippen molar-refractivity contribution < 1.29 is 14.1 Å². The van der Waals surface area contributed by atoms with Crippen molar-refractivity contribution in [3.05, 3.63) is 70.2 Å². The zero-order chi connectivity index (χ0) is 16.9. The Balaban J connectivity index is 1.73. The number of aryl methyl sites for hydroxylation is 1. The van der Waals surface area contributed by atoms with Crippen molar-refractivity contribution in [3.8, 4) is 5.75 Å². The highest BCUT2D eigenvalue weighted by Crippen LogP contribution is 2.19. The van der Waals surface area contributed by atoms with E-state index in [0.29, 0.717) is 22.9 Å². The number of pyridine rings is 1. The molecule has 0 saturated heterocycles. The van der Waals surface area contributed by atoms with Gasteiger partial charge >= 0.3 is 0 Å². The quantitative estimate of drug-likeness (QED) is 0.716. The van der Waals surface area contributed by atoms with E-state index in [1.807, 2.05) is 30.3 Å². The third kappa shape index (κ3) is 3.80. The molecule has 0 aliphatic carbocycles. The van der Waals surface area contributed by atoms with Gasteiger partial charge in [-0.1, -0.05) is 23.4 Å². The van der Waals surface area contributed by atoms with E-state index in [1.165, 1.54) is 0 Å². The lowest BCUT2D eigenvalue weighted by molar-refractivity contribution is 0.101. The van der Waals surface area contributed by atoms with E-state index in [2.05, 4.69) is 31.4 Å². The maximum Gasteiger partial charge on any atom is 0.279 e. The lowest BCUT2D eigenvalue weighted by Gasteiger charge is -2.07. The molecule has 0 unspecified atom stereocenters. The van der Waals surface area contributed by atoms with Gasteiger partial charge in [-0.3, -0.25) is 4.79 Å². The molecule has 1 N–H and O–H groups in total. The van der Waals surface area contributed by atoms with Gasteiger partial charge in [-0.25, -0.2) is 4.98 Å². The van der Waals surface area contributed by atoms with Gasteiger partial charge in [-0.15, -0.1) is 0 Å². The minimum atomic E-state index is -0.395. The summed E-state index contributed by atoms with van der Waals surface area (Å²) in [6.45, 7) is 1.93. The summed E-state index contributed by atoms with van der Waals surface area (Å²) >= 11 is 3.30. The number of hydrogen-bond donors (Lipinski definition) is 1. The van der Waals surface area contributed by atoms with Crippen molar-refractivity contribution in [2.24, 2.45) is 0 Å². The van der Waals surface area contributed by atoms with Gasteiger partial charge in [-0.2, -0.15) is 0 Å². The molecule has 0 fully saturated rings. The molecule has 3 aromatic rings. The summed E-state index contributed by atoms with van der Waals surface area (Å²) in [6.07, 6.45) is 1.60. The normalized spacial score (nSPS) is 10.4. The van der Waals surface area contributed by atoms with Crippen LogP contribution in [0.1, 0.15) is 21.8 Å². The number of nitrogens with zero attached hydrogens (tertiary/aromatic N) is 2. The van der Waals surface area contributed by atoms with Crippen LogP contribution in [0.3, 0.4) is 0 Å². The fourth-order valence-electron chi connectivity index (χ4n) is 2.04. The Hall–Kier alpha value is -2.67. The molecule has 0 bridgehead atoms. The van der Waals surface area contributed by atoms with Gasteiger partial charge in [0.1, 0.15) is 23.9 Å². The molecule has 0 aliphatic heterocycles. The number of carbonyl (C=O) groups excluding carboxylic acids is 1. The molecule has 0 spiro atoms. The molecule has 1 aromatic carbocycles. The summed E-state index contributed by atoms with van der Waals surface area (Å²) in [5, 5.41) is 6.53. The molecule has 0 radical (unpaired) electrons. The number of aromatic nitrogens is 2. The van der Waals surface area contributed by atoms with Gasteiger partial charge in [-0.05, 0) is 47.1 Å². The average molecular weight is 388 g/mol. The molecular weight excluding hydrogens is 374 g/mol.